The van der Waals surface area contributed by atoms with E-state index in [0.29, 0.717) is 18.9 Å². The lowest BCUT2D eigenvalue weighted by Gasteiger charge is -2.22. The fourth-order valence-electron chi connectivity index (χ4n) is 2.60. The van der Waals surface area contributed by atoms with Gasteiger partial charge >= 0.3 is 6.03 Å². The van der Waals surface area contributed by atoms with Gasteiger partial charge in [0.2, 0.25) is 0 Å². The van der Waals surface area contributed by atoms with E-state index in [4.69, 9.17) is 4.74 Å². The van der Waals surface area contributed by atoms with Crippen molar-refractivity contribution in [1.82, 2.24) is 10.6 Å². The molecular formula is C16H24N2O4S. The first kappa shape index (κ1) is 17.6. The molecule has 1 aliphatic rings. The van der Waals surface area contributed by atoms with E-state index in [1.807, 2.05) is 0 Å². The number of carbonyl (C=O) groups excluding carboxylic acids is 1. The maximum Gasteiger partial charge on any atom is 0.315 e. The number of hydrogen-bond acceptors (Lipinski definition) is 4. The SMILES string of the molecule is CS(=O)(=O)c1ccc(OCCNC(=O)NC2CCCCC2)cc1. The molecule has 0 aromatic heterocycles. The minimum absolute atomic E-state index is 0.159. The highest BCUT2D eigenvalue weighted by molar-refractivity contribution is 7.90. The fourth-order valence-corrected chi connectivity index (χ4v) is 3.23. The molecule has 0 heterocycles. The van der Waals surface area contributed by atoms with Crippen molar-refractivity contribution in [2.45, 2.75) is 43.0 Å². The number of ether oxygens (including phenoxy) is 1. The van der Waals surface area contributed by atoms with Gasteiger partial charge in [-0.2, -0.15) is 0 Å². The van der Waals surface area contributed by atoms with Crippen LogP contribution in [0, 0.1) is 0 Å². The van der Waals surface area contributed by atoms with Gasteiger partial charge in [-0.1, -0.05) is 19.3 Å². The molecule has 1 aromatic rings. The van der Waals surface area contributed by atoms with Gasteiger partial charge in [0, 0.05) is 12.3 Å². The van der Waals surface area contributed by atoms with Crippen molar-refractivity contribution in [3.05, 3.63) is 24.3 Å². The summed E-state index contributed by atoms with van der Waals surface area (Å²) in [6.45, 7) is 0.725. The zero-order valence-electron chi connectivity index (χ0n) is 13.4. The molecule has 0 radical (unpaired) electrons. The van der Waals surface area contributed by atoms with Gasteiger partial charge in [-0.05, 0) is 37.1 Å². The zero-order chi connectivity index (χ0) is 16.7. The van der Waals surface area contributed by atoms with Crippen molar-refractivity contribution in [1.29, 1.82) is 0 Å². The summed E-state index contributed by atoms with van der Waals surface area (Å²) in [6, 6.07) is 6.36. The molecule has 1 aromatic carbocycles. The van der Waals surface area contributed by atoms with Crippen molar-refractivity contribution in [3.63, 3.8) is 0 Å². The van der Waals surface area contributed by atoms with Crippen LogP contribution in [0.25, 0.3) is 0 Å². The normalized spacial score (nSPS) is 15.9. The summed E-state index contributed by atoms with van der Waals surface area (Å²) in [4.78, 5) is 12.0. The third-order valence-electron chi connectivity index (χ3n) is 3.85. The highest BCUT2D eigenvalue weighted by Gasteiger charge is 2.15. The molecule has 2 N–H and O–H groups in total. The van der Waals surface area contributed by atoms with Gasteiger partial charge in [0.1, 0.15) is 12.4 Å². The van der Waals surface area contributed by atoms with Crippen LogP contribution in [0.3, 0.4) is 0 Å². The van der Waals surface area contributed by atoms with E-state index in [1.165, 1.54) is 31.4 Å². The Bertz CT molecular complexity index is 607. The van der Waals surface area contributed by atoms with Crippen LogP contribution in [0.2, 0.25) is 0 Å². The molecule has 1 fully saturated rings. The van der Waals surface area contributed by atoms with E-state index >= 15 is 0 Å². The Balaban J connectivity index is 1.65. The second-order valence-electron chi connectivity index (χ2n) is 5.83. The lowest BCUT2D eigenvalue weighted by Crippen LogP contribution is -2.44. The number of rotatable bonds is 6. The van der Waals surface area contributed by atoms with Crippen molar-refractivity contribution in [2.24, 2.45) is 0 Å². The summed E-state index contributed by atoms with van der Waals surface area (Å²) in [7, 11) is -3.19. The summed E-state index contributed by atoms with van der Waals surface area (Å²) in [6.07, 6.45) is 6.88. The molecule has 0 bridgehead atoms. The van der Waals surface area contributed by atoms with Gasteiger partial charge in [-0.25, -0.2) is 13.2 Å². The van der Waals surface area contributed by atoms with E-state index in [0.717, 1.165) is 19.1 Å². The van der Waals surface area contributed by atoms with Crippen molar-refractivity contribution in [2.75, 3.05) is 19.4 Å². The molecule has 23 heavy (non-hydrogen) atoms. The Morgan fingerprint density at radius 2 is 1.83 bits per heavy atom. The van der Waals surface area contributed by atoms with Crippen LogP contribution in [-0.4, -0.2) is 39.9 Å². The quantitative estimate of drug-likeness (QED) is 0.777. The highest BCUT2D eigenvalue weighted by atomic mass is 32.2. The van der Waals surface area contributed by atoms with Crippen molar-refractivity contribution >= 4 is 15.9 Å². The number of sulfone groups is 1. The lowest BCUT2D eigenvalue weighted by atomic mass is 9.96. The lowest BCUT2D eigenvalue weighted by molar-refractivity contribution is 0.228. The van der Waals surface area contributed by atoms with E-state index in [9.17, 15) is 13.2 Å². The van der Waals surface area contributed by atoms with Crippen LogP contribution in [0.4, 0.5) is 4.79 Å². The number of urea groups is 1. The first-order valence-corrected chi connectivity index (χ1v) is 9.81. The van der Waals surface area contributed by atoms with Crippen LogP contribution in [0.15, 0.2) is 29.2 Å². The van der Waals surface area contributed by atoms with Gasteiger partial charge in [0.05, 0.1) is 11.4 Å². The van der Waals surface area contributed by atoms with Gasteiger partial charge in [0.25, 0.3) is 0 Å². The molecule has 0 aliphatic heterocycles. The fraction of sp³-hybridized carbons (Fsp3) is 0.562. The first-order chi connectivity index (χ1) is 10.9. The molecule has 2 rings (SSSR count). The number of hydrogen-bond donors (Lipinski definition) is 2. The summed E-state index contributed by atoms with van der Waals surface area (Å²) in [5, 5.41) is 5.73. The molecule has 0 unspecified atom stereocenters. The monoisotopic (exact) mass is 340 g/mol. The third-order valence-corrected chi connectivity index (χ3v) is 4.98. The van der Waals surface area contributed by atoms with Crippen LogP contribution in [-0.2, 0) is 9.84 Å². The van der Waals surface area contributed by atoms with Gasteiger partial charge in [-0.3, -0.25) is 0 Å². The smallest absolute Gasteiger partial charge is 0.315 e. The zero-order valence-corrected chi connectivity index (χ0v) is 14.2. The summed E-state index contributed by atoms with van der Waals surface area (Å²) in [5.74, 6) is 0.576. The maximum atomic E-state index is 11.7. The minimum atomic E-state index is -3.19. The second-order valence-corrected chi connectivity index (χ2v) is 7.84. The van der Waals surface area contributed by atoms with Gasteiger partial charge in [0.15, 0.2) is 9.84 Å². The molecule has 128 valence electrons. The topological polar surface area (TPSA) is 84.5 Å². The first-order valence-electron chi connectivity index (χ1n) is 7.92. The Kier molecular flexibility index (Phi) is 6.27. The van der Waals surface area contributed by atoms with E-state index < -0.39 is 9.84 Å². The molecule has 0 saturated heterocycles. The van der Waals surface area contributed by atoms with E-state index in [2.05, 4.69) is 10.6 Å². The summed E-state index contributed by atoms with van der Waals surface area (Å²) >= 11 is 0. The van der Waals surface area contributed by atoms with Crippen LogP contribution in [0.5, 0.6) is 5.75 Å². The minimum Gasteiger partial charge on any atom is -0.492 e. The molecule has 0 atom stereocenters. The molecule has 2 amide bonds. The number of nitrogens with one attached hydrogen (secondary N) is 2. The Morgan fingerprint density at radius 3 is 2.43 bits per heavy atom. The molecule has 1 aliphatic carbocycles. The number of amides is 2. The Morgan fingerprint density at radius 1 is 1.17 bits per heavy atom. The molecule has 1 saturated carbocycles. The average Bonchev–Trinajstić information content (AvgIpc) is 2.52. The van der Waals surface area contributed by atoms with Gasteiger partial charge < -0.3 is 15.4 Å². The van der Waals surface area contributed by atoms with Crippen molar-refractivity contribution in [3.8, 4) is 5.75 Å². The second kappa shape index (κ2) is 8.19. The summed E-state index contributed by atoms with van der Waals surface area (Å²) in [5.41, 5.74) is 0. The van der Waals surface area contributed by atoms with E-state index in [-0.39, 0.29) is 17.0 Å². The Hall–Kier alpha value is -1.76. The summed E-state index contributed by atoms with van der Waals surface area (Å²) < 4.78 is 28.2. The van der Waals surface area contributed by atoms with E-state index in [1.54, 1.807) is 12.1 Å². The van der Waals surface area contributed by atoms with Crippen molar-refractivity contribution < 1.29 is 17.9 Å². The average molecular weight is 340 g/mol. The standard InChI is InChI=1S/C16H24N2O4S/c1-23(20,21)15-9-7-14(8-10-15)22-12-11-17-16(19)18-13-5-3-2-4-6-13/h7-10,13H,2-6,11-12H2,1H3,(H2,17,18,19). The molecule has 6 nitrogen and oxygen atoms in total. The number of carbonyl (C=O) groups is 1. The predicted octanol–water partition coefficient (Wildman–Crippen LogP) is 2.10. The number of benzene rings is 1. The maximum absolute atomic E-state index is 11.7. The Labute approximate surface area is 137 Å². The van der Waals surface area contributed by atoms with Crippen LogP contribution in [0.1, 0.15) is 32.1 Å². The highest BCUT2D eigenvalue weighted by Crippen LogP contribution is 2.17. The van der Waals surface area contributed by atoms with Crippen LogP contribution >= 0.6 is 0 Å². The predicted molar refractivity (Wildman–Crippen MR) is 88.5 cm³/mol. The largest absolute Gasteiger partial charge is 0.492 e. The molecular weight excluding hydrogens is 316 g/mol. The third kappa shape index (κ3) is 6.09. The molecule has 7 heteroatoms. The molecule has 0 spiro atoms. The van der Waals surface area contributed by atoms with Gasteiger partial charge in [-0.15, -0.1) is 0 Å². The van der Waals surface area contributed by atoms with Crippen LogP contribution < -0.4 is 15.4 Å².